The highest BCUT2D eigenvalue weighted by Crippen LogP contribution is 2.15. The van der Waals surface area contributed by atoms with Crippen LogP contribution in [0.5, 0.6) is 0 Å². The largest absolute Gasteiger partial charge is 0.348 e. The van der Waals surface area contributed by atoms with Crippen LogP contribution in [0.1, 0.15) is 25.6 Å². The van der Waals surface area contributed by atoms with Gasteiger partial charge in [0.05, 0.1) is 4.88 Å². The van der Waals surface area contributed by atoms with Gasteiger partial charge in [0.15, 0.2) is 0 Å². The minimum absolute atomic E-state index is 0.151. The van der Waals surface area contributed by atoms with E-state index in [1.165, 1.54) is 11.3 Å². The predicted molar refractivity (Wildman–Crippen MR) is 104 cm³/mol. The highest BCUT2D eigenvalue weighted by molar-refractivity contribution is 9.10. The number of carbonyl (C=O) groups excluding carboxylic acids is 2. The molecule has 0 aliphatic carbocycles. The first-order valence-corrected chi connectivity index (χ1v) is 9.26. The Kier molecular flexibility index (Phi) is 5.63. The third-order valence-electron chi connectivity index (χ3n) is 3.49. The zero-order chi connectivity index (χ0) is 17.6. The van der Waals surface area contributed by atoms with Crippen LogP contribution >= 0.6 is 27.3 Å². The summed E-state index contributed by atoms with van der Waals surface area (Å²) in [5.41, 5.74) is 2.22. The van der Waals surface area contributed by atoms with Gasteiger partial charge in [0, 0.05) is 22.3 Å². The van der Waals surface area contributed by atoms with Gasteiger partial charge < -0.3 is 10.6 Å². The molecule has 3 aromatic rings. The molecule has 1 aromatic heterocycles. The van der Waals surface area contributed by atoms with Gasteiger partial charge in [-0.15, -0.1) is 11.3 Å². The third kappa shape index (κ3) is 4.78. The van der Waals surface area contributed by atoms with Gasteiger partial charge in [-0.2, -0.15) is 0 Å². The Morgan fingerprint density at radius 1 is 0.960 bits per heavy atom. The van der Waals surface area contributed by atoms with Gasteiger partial charge >= 0.3 is 0 Å². The summed E-state index contributed by atoms with van der Waals surface area (Å²) >= 11 is 4.79. The first kappa shape index (κ1) is 17.4. The van der Waals surface area contributed by atoms with Gasteiger partial charge in [0.2, 0.25) is 0 Å². The molecule has 6 heteroatoms. The lowest BCUT2D eigenvalue weighted by molar-refractivity contribution is 0.0950. The van der Waals surface area contributed by atoms with Gasteiger partial charge in [-0.25, -0.2) is 0 Å². The van der Waals surface area contributed by atoms with E-state index in [1.54, 1.807) is 30.3 Å². The van der Waals surface area contributed by atoms with Crippen molar-refractivity contribution in [3.63, 3.8) is 0 Å². The summed E-state index contributed by atoms with van der Waals surface area (Å²) in [5, 5.41) is 7.54. The number of rotatable bonds is 5. The maximum absolute atomic E-state index is 12.2. The highest BCUT2D eigenvalue weighted by atomic mass is 79.9. The molecule has 126 valence electrons. The number of amides is 2. The molecule has 0 aliphatic heterocycles. The SMILES string of the molecule is O=C(NCc1cccc(Br)c1)c1ccc(NC(=O)c2cccs2)cc1. The fourth-order valence-corrected chi connectivity index (χ4v) is 3.30. The van der Waals surface area contributed by atoms with Crippen LogP contribution in [0.15, 0.2) is 70.5 Å². The molecule has 0 saturated carbocycles. The first-order valence-electron chi connectivity index (χ1n) is 7.59. The third-order valence-corrected chi connectivity index (χ3v) is 4.85. The molecule has 3 rings (SSSR count). The maximum atomic E-state index is 12.2. The van der Waals surface area contributed by atoms with Crippen molar-refractivity contribution in [3.05, 3.63) is 86.5 Å². The van der Waals surface area contributed by atoms with Gasteiger partial charge in [-0.1, -0.05) is 34.1 Å². The number of thiophene rings is 1. The summed E-state index contributed by atoms with van der Waals surface area (Å²) < 4.78 is 0.977. The molecule has 0 bridgehead atoms. The van der Waals surface area contributed by atoms with Crippen molar-refractivity contribution in [1.82, 2.24) is 5.32 Å². The molecule has 0 spiro atoms. The van der Waals surface area contributed by atoms with Crippen molar-refractivity contribution < 1.29 is 9.59 Å². The number of benzene rings is 2. The predicted octanol–water partition coefficient (Wildman–Crippen LogP) is 4.69. The lowest BCUT2D eigenvalue weighted by atomic mass is 10.1. The van der Waals surface area contributed by atoms with Crippen molar-refractivity contribution >= 4 is 44.8 Å². The van der Waals surface area contributed by atoms with E-state index in [2.05, 4.69) is 26.6 Å². The molecule has 2 N–H and O–H groups in total. The number of nitrogens with one attached hydrogen (secondary N) is 2. The van der Waals surface area contributed by atoms with Crippen molar-refractivity contribution in [1.29, 1.82) is 0 Å². The minimum atomic E-state index is -0.156. The van der Waals surface area contributed by atoms with Crippen LogP contribution in [0, 0.1) is 0 Å². The molecule has 4 nitrogen and oxygen atoms in total. The molecular formula is C19H15BrN2O2S. The molecule has 0 saturated heterocycles. The molecule has 1 heterocycles. The van der Waals surface area contributed by atoms with Crippen molar-refractivity contribution in [3.8, 4) is 0 Å². The number of hydrogen-bond donors (Lipinski definition) is 2. The van der Waals surface area contributed by atoms with Crippen molar-refractivity contribution in [2.24, 2.45) is 0 Å². The Hall–Kier alpha value is -2.44. The highest BCUT2D eigenvalue weighted by Gasteiger charge is 2.09. The maximum Gasteiger partial charge on any atom is 0.265 e. The summed E-state index contributed by atoms with van der Waals surface area (Å²) in [6.07, 6.45) is 0. The second-order valence-corrected chi connectivity index (χ2v) is 7.18. The van der Waals surface area contributed by atoms with Gasteiger partial charge in [0.1, 0.15) is 0 Å². The average molecular weight is 415 g/mol. The van der Waals surface area contributed by atoms with Crippen LogP contribution in [0.4, 0.5) is 5.69 Å². The molecular weight excluding hydrogens is 400 g/mol. The first-order chi connectivity index (χ1) is 12.1. The zero-order valence-corrected chi connectivity index (χ0v) is 15.6. The van der Waals surface area contributed by atoms with Gasteiger partial charge in [-0.3, -0.25) is 9.59 Å². The summed E-state index contributed by atoms with van der Waals surface area (Å²) in [7, 11) is 0. The lowest BCUT2D eigenvalue weighted by Crippen LogP contribution is -2.22. The molecule has 2 amide bonds. The summed E-state index contributed by atoms with van der Waals surface area (Å²) in [6.45, 7) is 0.454. The monoisotopic (exact) mass is 414 g/mol. The van der Waals surface area contributed by atoms with Crippen LogP contribution < -0.4 is 10.6 Å². The summed E-state index contributed by atoms with van der Waals surface area (Å²) in [4.78, 5) is 24.9. The Bertz CT molecular complexity index is 877. The Morgan fingerprint density at radius 2 is 1.76 bits per heavy atom. The van der Waals surface area contributed by atoms with Gasteiger partial charge in [0.25, 0.3) is 11.8 Å². The van der Waals surface area contributed by atoms with E-state index >= 15 is 0 Å². The zero-order valence-electron chi connectivity index (χ0n) is 13.2. The number of carbonyl (C=O) groups is 2. The number of anilines is 1. The van der Waals surface area contributed by atoms with Crippen LogP contribution in [0.2, 0.25) is 0 Å². The van der Waals surface area contributed by atoms with E-state index in [1.807, 2.05) is 35.7 Å². The number of halogens is 1. The molecule has 2 aromatic carbocycles. The van der Waals surface area contributed by atoms with Gasteiger partial charge in [-0.05, 0) is 53.4 Å². The Morgan fingerprint density at radius 3 is 2.44 bits per heavy atom. The second kappa shape index (κ2) is 8.09. The summed E-state index contributed by atoms with van der Waals surface area (Å²) in [5.74, 6) is -0.307. The van der Waals surface area contributed by atoms with E-state index in [0.717, 1.165) is 10.0 Å². The molecule has 0 atom stereocenters. The van der Waals surface area contributed by atoms with Crippen LogP contribution in [-0.2, 0) is 6.54 Å². The Balaban J connectivity index is 1.58. The molecule has 0 radical (unpaired) electrons. The fourth-order valence-electron chi connectivity index (χ4n) is 2.24. The van der Waals surface area contributed by atoms with Crippen LogP contribution in [0.3, 0.4) is 0 Å². The average Bonchev–Trinajstić information content (AvgIpc) is 3.15. The van der Waals surface area contributed by atoms with E-state index in [4.69, 9.17) is 0 Å². The second-order valence-electron chi connectivity index (χ2n) is 5.32. The fraction of sp³-hybridized carbons (Fsp3) is 0.0526. The topological polar surface area (TPSA) is 58.2 Å². The van der Waals surface area contributed by atoms with Crippen LogP contribution in [-0.4, -0.2) is 11.8 Å². The van der Waals surface area contributed by atoms with Crippen molar-refractivity contribution in [2.45, 2.75) is 6.54 Å². The molecule has 0 aliphatic rings. The summed E-state index contributed by atoms with van der Waals surface area (Å²) in [6, 6.07) is 18.2. The molecule has 25 heavy (non-hydrogen) atoms. The van der Waals surface area contributed by atoms with Crippen LogP contribution in [0.25, 0.3) is 0 Å². The molecule has 0 fully saturated rings. The van der Waals surface area contributed by atoms with E-state index in [0.29, 0.717) is 22.7 Å². The quantitative estimate of drug-likeness (QED) is 0.635. The van der Waals surface area contributed by atoms with Crippen molar-refractivity contribution in [2.75, 3.05) is 5.32 Å². The van der Waals surface area contributed by atoms with E-state index in [9.17, 15) is 9.59 Å². The number of hydrogen-bond acceptors (Lipinski definition) is 3. The smallest absolute Gasteiger partial charge is 0.265 e. The standard InChI is InChI=1S/C19H15BrN2O2S/c20-15-4-1-3-13(11-15)12-21-18(23)14-6-8-16(9-7-14)22-19(24)17-5-2-10-25-17/h1-11H,12H2,(H,21,23)(H,22,24). The van der Waals surface area contributed by atoms with E-state index < -0.39 is 0 Å². The Labute approximate surface area is 158 Å². The van der Waals surface area contributed by atoms with E-state index in [-0.39, 0.29) is 11.8 Å². The normalized spacial score (nSPS) is 10.3. The molecule has 0 unspecified atom stereocenters. The lowest BCUT2D eigenvalue weighted by Gasteiger charge is -2.07. The minimum Gasteiger partial charge on any atom is -0.348 e.